The highest BCUT2D eigenvalue weighted by Crippen LogP contribution is 2.17. The van der Waals surface area contributed by atoms with Gasteiger partial charge in [0, 0.05) is 19.3 Å². The average Bonchev–Trinajstić information content (AvgIpc) is 2.99. The first-order valence-electron chi connectivity index (χ1n) is 6.33. The van der Waals surface area contributed by atoms with Crippen LogP contribution in [0.5, 0.6) is 0 Å². The summed E-state index contributed by atoms with van der Waals surface area (Å²) in [6.07, 6.45) is 2.66. The van der Waals surface area contributed by atoms with Crippen LogP contribution in [-0.4, -0.2) is 24.7 Å². The molecule has 0 saturated carbocycles. The van der Waals surface area contributed by atoms with E-state index in [1.54, 1.807) is 25.4 Å². The fourth-order valence-corrected chi connectivity index (χ4v) is 2.59. The van der Waals surface area contributed by atoms with Crippen molar-refractivity contribution in [1.29, 1.82) is 0 Å². The quantitative estimate of drug-likeness (QED) is 0.752. The van der Waals surface area contributed by atoms with Crippen LogP contribution in [0.2, 0.25) is 0 Å². The summed E-state index contributed by atoms with van der Waals surface area (Å²) in [6, 6.07) is 4.66. The lowest BCUT2D eigenvalue weighted by atomic mass is 10.4. The van der Waals surface area contributed by atoms with E-state index in [2.05, 4.69) is 22.1 Å². The van der Waals surface area contributed by atoms with Crippen LogP contribution >= 0.6 is 0 Å². The van der Waals surface area contributed by atoms with Crippen molar-refractivity contribution in [2.75, 3.05) is 11.3 Å². The fraction of sp³-hybridized carbons (Fsp3) is 0.417. The molecule has 0 aromatic carbocycles. The number of anilines is 1. The molecule has 0 bridgehead atoms. The highest BCUT2D eigenvalue weighted by Gasteiger charge is 2.19. The van der Waals surface area contributed by atoms with Crippen molar-refractivity contribution in [3.05, 3.63) is 30.2 Å². The number of aryl methyl sites for hydroxylation is 1. The standard InChI is InChI=1S/C12H18N4O3S/c1-3-7-13-9-10-4-5-12(19-10)20(17,18)15-11-6-8-16(2)14-11/h4-6,8,13H,3,7,9H2,1-2H3,(H,14,15). The summed E-state index contributed by atoms with van der Waals surface area (Å²) in [6.45, 7) is 3.42. The molecular weight excluding hydrogens is 280 g/mol. The van der Waals surface area contributed by atoms with Crippen molar-refractivity contribution in [3.63, 3.8) is 0 Å². The van der Waals surface area contributed by atoms with Gasteiger partial charge in [-0.2, -0.15) is 13.5 Å². The summed E-state index contributed by atoms with van der Waals surface area (Å²) in [5, 5.41) is 6.99. The van der Waals surface area contributed by atoms with E-state index in [9.17, 15) is 8.42 Å². The number of nitrogens with zero attached hydrogens (tertiary/aromatic N) is 2. The molecule has 20 heavy (non-hydrogen) atoms. The van der Waals surface area contributed by atoms with Gasteiger partial charge in [-0.25, -0.2) is 0 Å². The average molecular weight is 298 g/mol. The summed E-state index contributed by atoms with van der Waals surface area (Å²) >= 11 is 0. The van der Waals surface area contributed by atoms with Gasteiger partial charge in [-0.1, -0.05) is 6.92 Å². The van der Waals surface area contributed by atoms with E-state index >= 15 is 0 Å². The second kappa shape index (κ2) is 6.10. The highest BCUT2D eigenvalue weighted by atomic mass is 32.2. The lowest BCUT2D eigenvalue weighted by molar-refractivity contribution is 0.403. The predicted molar refractivity (Wildman–Crippen MR) is 74.7 cm³/mol. The van der Waals surface area contributed by atoms with Crippen molar-refractivity contribution in [1.82, 2.24) is 15.1 Å². The van der Waals surface area contributed by atoms with Gasteiger partial charge in [0.05, 0.1) is 6.54 Å². The molecule has 0 spiro atoms. The van der Waals surface area contributed by atoms with Gasteiger partial charge < -0.3 is 9.73 Å². The molecule has 0 radical (unpaired) electrons. The minimum Gasteiger partial charge on any atom is -0.446 e. The molecule has 2 heterocycles. The third kappa shape index (κ3) is 3.61. The Hall–Kier alpha value is -1.80. The van der Waals surface area contributed by atoms with Gasteiger partial charge in [0.25, 0.3) is 10.0 Å². The number of hydrogen-bond acceptors (Lipinski definition) is 5. The third-order valence-electron chi connectivity index (χ3n) is 2.58. The maximum Gasteiger partial charge on any atom is 0.296 e. The zero-order valence-electron chi connectivity index (χ0n) is 11.5. The van der Waals surface area contributed by atoms with Crippen LogP contribution in [0.15, 0.2) is 33.9 Å². The fourth-order valence-electron chi connectivity index (χ4n) is 1.64. The largest absolute Gasteiger partial charge is 0.446 e. The third-order valence-corrected chi connectivity index (χ3v) is 3.81. The Morgan fingerprint density at radius 3 is 2.80 bits per heavy atom. The Bertz CT molecular complexity index is 660. The van der Waals surface area contributed by atoms with Gasteiger partial charge in [0.15, 0.2) is 5.82 Å². The smallest absolute Gasteiger partial charge is 0.296 e. The SMILES string of the molecule is CCCNCc1ccc(S(=O)(=O)Nc2ccn(C)n2)o1. The zero-order valence-corrected chi connectivity index (χ0v) is 12.3. The molecule has 2 aromatic rings. The van der Waals surface area contributed by atoms with Crippen LogP contribution in [0.4, 0.5) is 5.82 Å². The molecule has 0 aliphatic heterocycles. The van der Waals surface area contributed by atoms with Crippen molar-refractivity contribution < 1.29 is 12.8 Å². The molecule has 0 amide bonds. The molecule has 0 aliphatic carbocycles. The molecule has 0 atom stereocenters. The minimum absolute atomic E-state index is 0.114. The van der Waals surface area contributed by atoms with E-state index in [-0.39, 0.29) is 10.9 Å². The maximum absolute atomic E-state index is 12.1. The zero-order chi connectivity index (χ0) is 14.6. The first-order chi connectivity index (χ1) is 9.51. The summed E-state index contributed by atoms with van der Waals surface area (Å²) < 4.78 is 33.4. The summed E-state index contributed by atoms with van der Waals surface area (Å²) in [7, 11) is -2.02. The minimum atomic E-state index is -3.73. The van der Waals surface area contributed by atoms with E-state index in [0.717, 1.165) is 13.0 Å². The lowest BCUT2D eigenvalue weighted by Gasteiger charge is -2.02. The number of hydrogen-bond donors (Lipinski definition) is 2. The molecule has 0 fully saturated rings. The molecule has 7 nitrogen and oxygen atoms in total. The normalized spacial score (nSPS) is 11.7. The first-order valence-corrected chi connectivity index (χ1v) is 7.81. The molecule has 0 unspecified atom stereocenters. The molecule has 0 aliphatic rings. The monoisotopic (exact) mass is 298 g/mol. The van der Waals surface area contributed by atoms with E-state index in [4.69, 9.17) is 4.42 Å². The number of aromatic nitrogens is 2. The Labute approximate surface area is 118 Å². The molecule has 0 saturated heterocycles. The predicted octanol–water partition coefficient (Wildman–Crippen LogP) is 1.31. The van der Waals surface area contributed by atoms with Crippen molar-refractivity contribution in [2.24, 2.45) is 7.05 Å². The Morgan fingerprint density at radius 1 is 1.35 bits per heavy atom. The molecule has 8 heteroatoms. The van der Waals surface area contributed by atoms with E-state index in [1.807, 2.05) is 0 Å². The number of sulfonamides is 1. The van der Waals surface area contributed by atoms with Gasteiger partial charge in [-0.15, -0.1) is 0 Å². The molecule has 2 N–H and O–H groups in total. The van der Waals surface area contributed by atoms with Crippen LogP contribution in [0, 0.1) is 0 Å². The molecule has 2 rings (SSSR count). The van der Waals surface area contributed by atoms with E-state index < -0.39 is 10.0 Å². The highest BCUT2D eigenvalue weighted by molar-refractivity contribution is 7.92. The van der Waals surface area contributed by atoms with Gasteiger partial charge >= 0.3 is 0 Å². The van der Waals surface area contributed by atoms with Gasteiger partial charge in [0.1, 0.15) is 5.76 Å². The summed E-state index contributed by atoms with van der Waals surface area (Å²) in [5.74, 6) is 0.842. The van der Waals surface area contributed by atoms with E-state index in [1.165, 1.54) is 10.7 Å². The molecule has 110 valence electrons. The van der Waals surface area contributed by atoms with E-state index in [0.29, 0.717) is 12.3 Å². The van der Waals surface area contributed by atoms with Crippen molar-refractivity contribution in [2.45, 2.75) is 25.0 Å². The van der Waals surface area contributed by atoms with Crippen molar-refractivity contribution >= 4 is 15.8 Å². The Morgan fingerprint density at radius 2 is 2.15 bits per heavy atom. The number of nitrogens with one attached hydrogen (secondary N) is 2. The summed E-state index contributed by atoms with van der Waals surface area (Å²) in [5.41, 5.74) is 0. The Kier molecular flexibility index (Phi) is 4.46. The van der Waals surface area contributed by atoms with Crippen LogP contribution in [0.25, 0.3) is 0 Å². The maximum atomic E-state index is 12.1. The van der Waals surface area contributed by atoms with Crippen LogP contribution < -0.4 is 10.0 Å². The summed E-state index contributed by atoms with van der Waals surface area (Å²) in [4.78, 5) is 0. The van der Waals surface area contributed by atoms with Crippen LogP contribution in [0.3, 0.4) is 0 Å². The van der Waals surface area contributed by atoms with Crippen LogP contribution in [-0.2, 0) is 23.6 Å². The van der Waals surface area contributed by atoms with Gasteiger partial charge in [-0.3, -0.25) is 9.40 Å². The lowest BCUT2D eigenvalue weighted by Crippen LogP contribution is -2.14. The molecule has 2 aromatic heterocycles. The van der Waals surface area contributed by atoms with Crippen molar-refractivity contribution in [3.8, 4) is 0 Å². The topological polar surface area (TPSA) is 89.2 Å². The molecular formula is C12H18N4O3S. The number of furan rings is 1. The first kappa shape index (κ1) is 14.6. The van der Waals surface area contributed by atoms with Gasteiger partial charge in [-0.05, 0) is 25.1 Å². The van der Waals surface area contributed by atoms with Gasteiger partial charge in [0.2, 0.25) is 5.09 Å². The number of rotatable bonds is 7. The second-order valence-electron chi connectivity index (χ2n) is 4.38. The second-order valence-corrected chi connectivity index (χ2v) is 5.99. The van der Waals surface area contributed by atoms with Crippen LogP contribution in [0.1, 0.15) is 19.1 Å². The Balaban J connectivity index is 2.06.